The third-order valence-electron chi connectivity index (χ3n) is 8.07. The first kappa shape index (κ1) is 33.7. The molecular formula is C32H42FN5O7. The van der Waals surface area contributed by atoms with Crippen LogP contribution in [0.25, 0.3) is 0 Å². The summed E-state index contributed by atoms with van der Waals surface area (Å²) in [5.41, 5.74) is 1.48. The minimum absolute atomic E-state index is 0.0688. The predicted octanol–water partition coefficient (Wildman–Crippen LogP) is 2.50. The van der Waals surface area contributed by atoms with Crippen LogP contribution in [0.4, 0.5) is 10.1 Å². The lowest BCUT2D eigenvalue weighted by Crippen LogP contribution is -2.42. The zero-order chi connectivity index (χ0) is 32.8. The number of carbonyl (C=O) groups is 3. The first-order valence-corrected chi connectivity index (χ1v) is 14.9. The molecule has 2 heterocycles. The number of aromatic hydroxyl groups is 1. The molecule has 2 aliphatic heterocycles. The largest absolute Gasteiger partial charge is 0.508 e. The maximum absolute atomic E-state index is 14.6. The lowest BCUT2D eigenvalue weighted by atomic mass is 9.72. The van der Waals surface area contributed by atoms with Gasteiger partial charge in [-0.3, -0.25) is 23.8 Å². The Labute approximate surface area is 261 Å². The highest BCUT2D eigenvalue weighted by atomic mass is 19.1. The van der Waals surface area contributed by atoms with E-state index < -0.39 is 55.0 Å². The number of benzene rings is 2. The highest BCUT2D eigenvalue weighted by Crippen LogP contribution is 2.39. The molecule has 2 aromatic carbocycles. The van der Waals surface area contributed by atoms with Crippen LogP contribution in [-0.4, -0.2) is 84.7 Å². The van der Waals surface area contributed by atoms with E-state index in [0.717, 1.165) is 11.1 Å². The van der Waals surface area contributed by atoms with Gasteiger partial charge in [-0.15, -0.1) is 0 Å². The normalized spacial score (nSPS) is 18.6. The van der Waals surface area contributed by atoms with Crippen molar-refractivity contribution >= 4 is 29.4 Å². The molecule has 13 heteroatoms. The number of rotatable bonds is 10. The number of nitrogens with zero attached hydrogens (tertiary/aromatic N) is 1. The maximum atomic E-state index is 14.6. The summed E-state index contributed by atoms with van der Waals surface area (Å²) in [4.78, 5) is 42.0. The zero-order valence-corrected chi connectivity index (χ0v) is 25.8. The number of phenolic OH excluding ortho intramolecular Hbond substituents is 1. The van der Waals surface area contributed by atoms with E-state index in [4.69, 9.17) is 4.74 Å². The van der Waals surface area contributed by atoms with Crippen molar-refractivity contribution in [2.75, 3.05) is 44.8 Å². The van der Waals surface area contributed by atoms with Crippen LogP contribution in [0.3, 0.4) is 0 Å². The van der Waals surface area contributed by atoms with E-state index in [1.807, 2.05) is 32.9 Å². The smallest absolute Gasteiger partial charge is 0.305 e. The Bertz CT molecular complexity index is 1440. The first-order valence-electron chi connectivity index (χ1n) is 14.9. The molecule has 0 spiro atoms. The summed E-state index contributed by atoms with van der Waals surface area (Å²) in [6, 6.07) is 8.74. The monoisotopic (exact) mass is 627 g/mol. The van der Waals surface area contributed by atoms with E-state index in [0.29, 0.717) is 49.8 Å². The van der Waals surface area contributed by atoms with Gasteiger partial charge in [-0.1, -0.05) is 39.0 Å². The van der Waals surface area contributed by atoms with Crippen molar-refractivity contribution in [1.82, 2.24) is 16.0 Å². The van der Waals surface area contributed by atoms with Crippen molar-refractivity contribution in [1.29, 1.82) is 0 Å². The number of carboxylic acid groups (broad SMARTS) is 1. The number of amides is 2. The second kappa shape index (κ2) is 14.2. The highest BCUT2D eigenvalue weighted by molar-refractivity contribution is 6.00. The molecule has 1 unspecified atom stereocenters. The Kier molecular flexibility index (Phi) is 10.7. The number of carboxylic acids is 1. The second-order valence-corrected chi connectivity index (χ2v) is 12.6. The highest BCUT2D eigenvalue weighted by Gasteiger charge is 2.36. The zero-order valence-electron chi connectivity index (χ0n) is 25.8. The fourth-order valence-corrected chi connectivity index (χ4v) is 5.35. The van der Waals surface area contributed by atoms with Gasteiger partial charge >= 0.3 is 5.97 Å². The Hall–Kier alpha value is -4.23. The van der Waals surface area contributed by atoms with Crippen LogP contribution >= 0.6 is 0 Å². The number of aliphatic hydroxyl groups excluding tert-OH is 1. The number of guanidine groups is 1. The number of β-amino-alcohol motifs (C(OH)–C–C–N with tert-alkyl or cyclic N) is 1. The molecule has 2 aromatic rings. The summed E-state index contributed by atoms with van der Waals surface area (Å²) >= 11 is 0. The molecule has 0 saturated carbocycles. The molecule has 1 fully saturated rings. The molecule has 45 heavy (non-hydrogen) atoms. The molecule has 0 aliphatic carbocycles. The number of anilines is 1. The molecule has 2 aliphatic rings. The molecule has 0 radical (unpaired) electrons. The lowest BCUT2D eigenvalue weighted by molar-refractivity contribution is -0.137. The van der Waals surface area contributed by atoms with Gasteiger partial charge < -0.3 is 41.3 Å². The van der Waals surface area contributed by atoms with Gasteiger partial charge in [0, 0.05) is 42.5 Å². The average Bonchev–Trinajstić information content (AvgIpc) is 3.00. The van der Waals surface area contributed by atoms with Gasteiger partial charge in [0.2, 0.25) is 5.91 Å². The van der Waals surface area contributed by atoms with Crippen LogP contribution in [0.2, 0.25) is 0 Å². The van der Waals surface area contributed by atoms with Crippen LogP contribution in [-0.2, 0) is 25.2 Å². The number of hydrogen-bond donors (Lipinski definition) is 7. The number of phenols is 1. The Morgan fingerprint density at radius 3 is 2.49 bits per heavy atom. The lowest BCUT2D eigenvalue weighted by Gasteiger charge is -2.37. The summed E-state index contributed by atoms with van der Waals surface area (Å²) in [5, 5.41) is 40.5. The Balaban J connectivity index is 1.50. The minimum Gasteiger partial charge on any atom is -0.508 e. The van der Waals surface area contributed by atoms with Gasteiger partial charge in [-0.05, 0) is 47.1 Å². The molecule has 2 atom stereocenters. The SMILES string of the molecule is CC(C)(C)c1cc([C@H](CC(=O)O)NC(=O)CNC(=O)c2cc(O)cc(NC3=NCC(O)CN3)c2)cc(C2(CF)CCOCC2)c1. The van der Waals surface area contributed by atoms with Crippen molar-refractivity contribution < 1.29 is 38.8 Å². The van der Waals surface area contributed by atoms with Crippen molar-refractivity contribution in [3.05, 3.63) is 58.7 Å². The van der Waals surface area contributed by atoms with E-state index in [9.17, 15) is 34.1 Å². The van der Waals surface area contributed by atoms with Crippen molar-refractivity contribution in [3.63, 3.8) is 0 Å². The third-order valence-corrected chi connectivity index (χ3v) is 8.07. The van der Waals surface area contributed by atoms with Crippen molar-refractivity contribution in [2.24, 2.45) is 4.99 Å². The molecule has 1 saturated heterocycles. The molecule has 4 rings (SSSR count). The van der Waals surface area contributed by atoms with E-state index in [1.54, 1.807) is 6.07 Å². The van der Waals surface area contributed by atoms with Gasteiger partial charge in [-0.25, -0.2) is 0 Å². The van der Waals surface area contributed by atoms with Gasteiger partial charge in [0.1, 0.15) is 5.75 Å². The molecule has 244 valence electrons. The van der Waals surface area contributed by atoms with Crippen LogP contribution in [0.15, 0.2) is 41.4 Å². The van der Waals surface area contributed by atoms with Gasteiger partial charge in [0.25, 0.3) is 5.91 Å². The number of carbonyl (C=O) groups excluding carboxylic acids is 2. The molecule has 0 bridgehead atoms. The standard InChI is InChI=1S/C32H42FN5O7/c1-31(2,3)21-8-19(9-22(12-21)32(18-33)4-6-45-7-5-32)26(14-28(42)43)38-27(41)17-34-29(44)20-10-23(13-24(39)11-20)37-30-35-15-25(40)16-36-30/h8-13,25-26,39-40H,4-7,14-18H2,1-3H3,(H,34,44)(H,38,41)(H,42,43)(H2,35,36,37)/t26-/m0/s1. The summed E-state index contributed by atoms with van der Waals surface area (Å²) in [6.45, 7) is 6.30. The third kappa shape index (κ3) is 8.92. The van der Waals surface area contributed by atoms with Crippen molar-refractivity contribution in [3.8, 4) is 5.75 Å². The van der Waals surface area contributed by atoms with Crippen LogP contribution < -0.4 is 21.3 Å². The molecule has 12 nitrogen and oxygen atoms in total. The number of nitrogens with one attached hydrogen (secondary N) is 4. The number of halogens is 1. The number of aliphatic hydroxyl groups is 1. The van der Waals surface area contributed by atoms with E-state index >= 15 is 0 Å². The summed E-state index contributed by atoms with van der Waals surface area (Å²) in [5.74, 6) is -2.23. The average molecular weight is 628 g/mol. The maximum Gasteiger partial charge on any atom is 0.305 e. The molecular weight excluding hydrogens is 585 g/mol. The topological polar surface area (TPSA) is 182 Å². The number of alkyl halides is 1. The summed E-state index contributed by atoms with van der Waals surface area (Å²) in [7, 11) is 0. The quantitative estimate of drug-likeness (QED) is 0.208. The van der Waals surface area contributed by atoms with Crippen LogP contribution in [0, 0.1) is 0 Å². The Morgan fingerprint density at radius 2 is 1.87 bits per heavy atom. The van der Waals surface area contributed by atoms with E-state index in [2.05, 4.69) is 26.3 Å². The fourth-order valence-electron chi connectivity index (χ4n) is 5.35. The second-order valence-electron chi connectivity index (χ2n) is 12.6. The number of aliphatic carboxylic acids is 1. The van der Waals surface area contributed by atoms with E-state index in [1.165, 1.54) is 18.2 Å². The molecule has 0 aromatic heterocycles. The number of aliphatic imine (C=N–C) groups is 1. The van der Waals surface area contributed by atoms with Crippen molar-refractivity contribution in [2.45, 2.75) is 63.0 Å². The summed E-state index contributed by atoms with van der Waals surface area (Å²) < 4.78 is 20.1. The van der Waals surface area contributed by atoms with Gasteiger partial charge in [0.15, 0.2) is 5.96 Å². The van der Waals surface area contributed by atoms with E-state index in [-0.39, 0.29) is 23.3 Å². The molecule has 7 N–H and O–H groups in total. The molecule has 2 amide bonds. The first-order chi connectivity index (χ1) is 21.3. The predicted molar refractivity (Wildman–Crippen MR) is 166 cm³/mol. The minimum atomic E-state index is -1.13. The van der Waals surface area contributed by atoms with Crippen LogP contribution in [0.1, 0.15) is 73.1 Å². The van der Waals surface area contributed by atoms with Gasteiger partial charge in [-0.2, -0.15) is 0 Å². The number of hydrogen-bond acceptors (Lipinski definition) is 9. The fraction of sp³-hybridized carbons (Fsp3) is 0.500. The van der Waals surface area contributed by atoms with Gasteiger partial charge in [0.05, 0.1) is 38.3 Å². The number of ether oxygens (including phenoxy) is 1. The van der Waals surface area contributed by atoms with Crippen LogP contribution in [0.5, 0.6) is 5.75 Å². The Morgan fingerprint density at radius 1 is 1.13 bits per heavy atom. The summed E-state index contributed by atoms with van der Waals surface area (Å²) in [6.07, 6.45) is -0.0583.